The van der Waals surface area contributed by atoms with Crippen LogP contribution in [0.25, 0.3) is 0 Å². The first-order valence-corrected chi connectivity index (χ1v) is 9.76. The maximum absolute atomic E-state index is 12.0. The molecule has 0 amide bonds. The standard InChI is InChI=1S/C17H18O2.C7H16/c1-17(2,3)14-11-9-13(10-12-14)16(18)19-15-7-5-4-6-8-15;1-3-5-7-6-4-2/h4-12H,1-3H3;3-7H2,1-2H3. The zero-order valence-electron chi connectivity index (χ0n) is 17.0. The van der Waals surface area contributed by atoms with E-state index in [0.29, 0.717) is 11.3 Å². The van der Waals surface area contributed by atoms with E-state index in [2.05, 4.69) is 34.6 Å². The van der Waals surface area contributed by atoms with Gasteiger partial charge in [-0.2, -0.15) is 0 Å². The monoisotopic (exact) mass is 354 g/mol. The van der Waals surface area contributed by atoms with Crippen LogP contribution in [0, 0.1) is 0 Å². The molecular formula is C24H34O2. The summed E-state index contributed by atoms with van der Waals surface area (Å²) >= 11 is 0. The number of hydrogen-bond acceptors (Lipinski definition) is 2. The van der Waals surface area contributed by atoms with Gasteiger partial charge in [0.25, 0.3) is 0 Å². The van der Waals surface area contributed by atoms with Gasteiger partial charge in [-0.25, -0.2) is 4.79 Å². The minimum Gasteiger partial charge on any atom is -0.423 e. The number of carbonyl (C=O) groups excluding carboxylic acids is 1. The van der Waals surface area contributed by atoms with E-state index in [4.69, 9.17) is 4.74 Å². The van der Waals surface area contributed by atoms with Crippen molar-refractivity contribution < 1.29 is 9.53 Å². The van der Waals surface area contributed by atoms with E-state index in [1.165, 1.54) is 37.7 Å². The molecule has 26 heavy (non-hydrogen) atoms. The number of rotatable bonds is 6. The number of benzene rings is 2. The van der Waals surface area contributed by atoms with Crippen LogP contribution in [0.3, 0.4) is 0 Å². The second kappa shape index (κ2) is 11.5. The van der Waals surface area contributed by atoms with Crippen LogP contribution in [0.5, 0.6) is 5.75 Å². The first kappa shape index (κ1) is 22.0. The number of para-hydroxylation sites is 1. The molecule has 0 saturated carbocycles. The van der Waals surface area contributed by atoms with E-state index in [9.17, 15) is 4.79 Å². The Morgan fingerprint density at radius 2 is 1.35 bits per heavy atom. The van der Waals surface area contributed by atoms with Gasteiger partial charge in [0.2, 0.25) is 0 Å². The lowest BCUT2D eigenvalue weighted by molar-refractivity contribution is 0.0734. The second-order valence-corrected chi connectivity index (χ2v) is 7.59. The van der Waals surface area contributed by atoms with Crippen molar-refractivity contribution in [2.75, 3.05) is 0 Å². The molecule has 142 valence electrons. The Bertz CT molecular complexity index is 618. The molecule has 0 aliphatic carbocycles. The van der Waals surface area contributed by atoms with Crippen LogP contribution in [0.1, 0.15) is 82.6 Å². The molecule has 2 heteroatoms. The van der Waals surface area contributed by atoms with Crippen LogP contribution in [0.2, 0.25) is 0 Å². The predicted molar refractivity (Wildman–Crippen MR) is 111 cm³/mol. The zero-order valence-corrected chi connectivity index (χ0v) is 17.0. The Hall–Kier alpha value is -2.09. The van der Waals surface area contributed by atoms with Gasteiger partial charge in [0.05, 0.1) is 5.56 Å². The van der Waals surface area contributed by atoms with Gasteiger partial charge in [-0.1, -0.05) is 97.1 Å². The van der Waals surface area contributed by atoms with Crippen molar-refractivity contribution in [3.05, 3.63) is 65.7 Å². The second-order valence-electron chi connectivity index (χ2n) is 7.59. The minimum absolute atomic E-state index is 0.0852. The maximum atomic E-state index is 12.0. The maximum Gasteiger partial charge on any atom is 0.343 e. The highest BCUT2D eigenvalue weighted by atomic mass is 16.5. The highest BCUT2D eigenvalue weighted by Gasteiger charge is 2.15. The Morgan fingerprint density at radius 1 is 0.808 bits per heavy atom. The first-order valence-electron chi connectivity index (χ1n) is 9.76. The van der Waals surface area contributed by atoms with Crippen molar-refractivity contribution in [2.24, 2.45) is 0 Å². The lowest BCUT2D eigenvalue weighted by Gasteiger charge is -2.18. The third-order valence-electron chi connectivity index (χ3n) is 4.15. The van der Waals surface area contributed by atoms with Crippen LogP contribution in [0.15, 0.2) is 54.6 Å². The average Bonchev–Trinajstić information content (AvgIpc) is 2.63. The Morgan fingerprint density at radius 3 is 1.81 bits per heavy atom. The van der Waals surface area contributed by atoms with Crippen molar-refractivity contribution in [3.8, 4) is 5.75 Å². The van der Waals surface area contributed by atoms with Gasteiger partial charge >= 0.3 is 5.97 Å². The van der Waals surface area contributed by atoms with Gasteiger partial charge < -0.3 is 4.74 Å². The van der Waals surface area contributed by atoms with Crippen LogP contribution >= 0.6 is 0 Å². The summed E-state index contributed by atoms with van der Waals surface area (Å²) in [6, 6.07) is 16.7. The molecule has 2 aromatic rings. The Kier molecular flexibility index (Phi) is 9.72. The topological polar surface area (TPSA) is 26.3 Å². The van der Waals surface area contributed by atoms with E-state index in [1.54, 1.807) is 12.1 Å². The first-order chi connectivity index (χ1) is 12.4. The quantitative estimate of drug-likeness (QED) is 0.312. The average molecular weight is 355 g/mol. The molecule has 0 bridgehead atoms. The van der Waals surface area contributed by atoms with E-state index >= 15 is 0 Å². The molecule has 0 heterocycles. The molecular weight excluding hydrogens is 320 g/mol. The molecule has 0 spiro atoms. The molecule has 0 saturated heterocycles. The van der Waals surface area contributed by atoms with E-state index in [1.807, 2.05) is 42.5 Å². The van der Waals surface area contributed by atoms with E-state index in [-0.39, 0.29) is 11.4 Å². The number of carbonyl (C=O) groups is 1. The van der Waals surface area contributed by atoms with Crippen LogP contribution in [-0.2, 0) is 5.41 Å². The molecule has 0 aliphatic rings. The molecule has 0 unspecified atom stereocenters. The summed E-state index contributed by atoms with van der Waals surface area (Å²) in [5, 5.41) is 0. The van der Waals surface area contributed by atoms with Gasteiger partial charge in [-0.3, -0.25) is 0 Å². The molecule has 0 fully saturated rings. The largest absolute Gasteiger partial charge is 0.423 e. The van der Waals surface area contributed by atoms with Gasteiger partial charge in [0.1, 0.15) is 5.75 Å². The van der Waals surface area contributed by atoms with E-state index in [0.717, 1.165) is 0 Å². The molecule has 2 nitrogen and oxygen atoms in total. The SMILES string of the molecule is CC(C)(C)c1ccc(C(=O)Oc2ccccc2)cc1.CCCCCCC. The highest BCUT2D eigenvalue weighted by Crippen LogP contribution is 2.22. The van der Waals surface area contributed by atoms with Crippen molar-refractivity contribution in [1.29, 1.82) is 0 Å². The Labute approximate surface area is 159 Å². The third-order valence-corrected chi connectivity index (χ3v) is 4.15. The fourth-order valence-corrected chi connectivity index (χ4v) is 2.44. The van der Waals surface area contributed by atoms with Crippen LogP contribution < -0.4 is 4.74 Å². The summed E-state index contributed by atoms with van der Waals surface area (Å²) in [6.07, 6.45) is 7.01. The van der Waals surface area contributed by atoms with Crippen molar-refractivity contribution >= 4 is 5.97 Å². The molecule has 0 aliphatic heterocycles. The van der Waals surface area contributed by atoms with Crippen molar-refractivity contribution in [3.63, 3.8) is 0 Å². The lowest BCUT2D eigenvalue weighted by atomic mass is 9.87. The summed E-state index contributed by atoms with van der Waals surface area (Å²) in [7, 11) is 0. The molecule has 0 aromatic heterocycles. The summed E-state index contributed by atoms with van der Waals surface area (Å²) < 4.78 is 5.29. The summed E-state index contributed by atoms with van der Waals surface area (Å²) in [6.45, 7) is 10.9. The number of unbranched alkanes of at least 4 members (excludes halogenated alkanes) is 4. The number of hydrogen-bond donors (Lipinski definition) is 0. The molecule has 0 atom stereocenters. The zero-order chi connectivity index (χ0) is 19.4. The highest BCUT2D eigenvalue weighted by molar-refractivity contribution is 5.91. The van der Waals surface area contributed by atoms with Gasteiger partial charge in [-0.15, -0.1) is 0 Å². The third kappa shape index (κ3) is 8.33. The summed E-state index contributed by atoms with van der Waals surface area (Å²) in [4.78, 5) is 12.0. The smallest absolute Gasteiger partial charge is 0.343 e. The fraction of sp³-hybridized carbons (Fsp3) is 0.458. The molecule has 0 N–H and O–H groups in total. The predicted octanol–water partition coefficient (Wildman–Crippen LogP) is 7.18. The summed E-state index contributed by atoms with van der Waals surface area (Å²) in [5.41, 5.74) is 1.85. The van der Waals surface area contributed by atoms with E-state index < -0.39 is 0 Å². The number of ether oxygens (including phenoxy) is 1. The van der Waals surface area contributed by atoms with Crippen molar-refractivity contribution in [2.45, 2.75) is 72.1 Å². The molecule has 2 aromatic carbocycles. The molecule has 0 radical (unpaired) electrons. The number of esters is 1. The Balaban J connectivity index is 0.000000412. The van der Waals surface area contributed by atoms with Gasteiger partial charge in [0.15, 0.2) is 0 Å². The fourth-order valence-electron chi connectivity index (χ4n) is 2.44. The van der Waals surface area contributed by atoms with Gasteiger partial charge in [-0.05, 0) is 35.2 Å². The van der Waals surface area contributed by atoms with Crippen LogP contribution in [0.4, 0.5) is 0 Å². The van der Waals surface area contributed by atoms with Gasteiger partial charge in [0, 0.05) is 0 Å². The normalized spacial score (nSPS) is 10.7. The molecule has 2 rings (SSSR count). The minimum atomic E-state index is -0.327. The van der Waals surface area contributed by atoms with Crippen molar-refractivity contribution in [1.82, 2.24) is 0 Å². The lowest BCUT2D eigenvalue weighted by Crippen LogP contribution is -2.12. The summed E-state index contributed by atoms with van der Waals surface area (Å²) in [5.74, 6) is 0.235. The van der Waals surface area contributed by atoms with Crippen LogP contribution in [-0.4, -0.2) is 5.97 Å².